The Balaban J connectivity index is 1.65. The Morgan fingerprint density at radius 3 is 2.52 bits per heavy atom. The molecule has 0 saturated carbocycles. The summed E-state index contributed by atoms with van der Waals surface area (Å²) in [6.45, 7) is 10.3. The Bertz CT molecular complexity index is 1040. The molecule has 1 heterocycles. The van der Waals surface area contributed by atoms with E-state index in [1.807, 2.05) is 55.1 Å². The van der Waals surface area contributed by atoms with Crippen molar-refractivity contribution >= 4 is 21.8 Å². The Morgan fingerprint density at radius 2 is 1.87 bits per heavy atom. The molecule has 0 radical (unpaired) electrons. The minimum absolute atomic E-state index is 0.0351. The lowest BCUT2D eigenvalue weighted by Crippen LogP contribution is -2.27. The molecule has 1 amide bonds. The van der Waals surface area contributed by atoms with Crippen LogP contribution in [0.3, 0.4) is 0 Å². The van der Waals surface area contributed by atoms with E-state index in [2.05, 4.69) is 53.9 Å². The summed E-state index contributed by atoms with van der Waals surface area (Å²) in [7, 11) is 1.81. The second kappa shape index (κ2) is 9.69. The zero-order valence-corrected chi connectivity index (χ0v) is 20.4. The largest absolute Gasteiger partial charge is 0.489 e. The van der Waals surface area contributed by atoms with E-state index in [0.29, 0.717) is 18.7 Å². The summed E-state index contributed by atoms with van der Waals surface area (Å²) in [5, 5.41) is 4.32. The van der Waals surface area contributed by atoms with Gasteiger partial charge in [0.05, 0.1) is 22.9 Å². The number of aromatic nitrogens is 2. The molecule has 0 saturated heterocycles. The number of amides is 1. The molecular formula is C25H30BrN3O2. The fourth-order valence-corrected chi connectivity index (χ4v) is 3.77. The lowest BCUT2D eigenvalue weighted by Gasteiger charge is -2.19. The first kappa shape index (κ1) is 23.1. The minimum Gasteiger partial charge on any atom is -0.489 e. The van der Waals surface area contributed by atoms with Crippen molar-refractivity contribution in [2.75, 3.05) is 7.05 Å². The third kappa shape index (κ3) is 5.76. The number of hydrogen-bond acceptors (Lipinski definition) is 3. The van der Waals surface area contributed by atoms with Gasteiger partial charge in [-0.1, -0.05) is 45.0 Å². The predicted molar refractivity (Wildman–Crippen MR) is 127 cm³/mol. The summed E-state index contributed by atoms with van der Waals surface area (Å²) < 4.78 is 8.75. The van der Waals surface area contributed by atoms with Crippen LogP contribution in [0.5, 0.6) is 5.75 Å². The fraction of sp³-hybridized carbons (Fsp3) is 0.360. The number of benzene rings is 2. The van der Waals surface area contributed by atoms with Gasteiger partial charge >= 0.3 is 0 Å². The number of carbonyl (C=O) groups excluding carboxylic acids is 1. The van der Waals surface area contributed by atoms with Gasteiger partial charge in [0.1, 0.15) is 12.4 Å². The second-order valence-electron chi connectivity index (χ2n) is 8.68. The lowest BCUT2D eigenvalue weighted by atomic mass is 9.87. The smallest absolute Gasteiger partial charge is 0.253 e. The zero-order valence-electron chi connectivity index (χ0n) is 18.9. The summed E-state index contributed by atoms with van der Waals surface area (Å²) >= 11 is 3.52. The van der Waals surface area contributed by atoms with Crippen LogP contribution in [0.4, 0.5) is 0 Å². The van der Waals surface area contributed by atoms with Gasteiger partial charge in [-0.2, -0.15) is 5.10 Å². The van der Waals surface area contributed by atoms with Gasteiger partial charge in [0.25, 0.3) is 5.91 Å². The highest BCUT2D eigenvalue weighted by molar-refractivity contribution is 9.10. The van der Waals surface area contributed by atoms with E-state index >= 15 is 0 Å². The van der Waals surface area contributed by atoms with Gasteiger partial charge in [-0.3, -0.25) is 9.48 Å². The van der Waals surface area contributed by atoms with Crippen molar-refractivity contribution in [2.24, 2.45) is 0 Å². The molecule has 1 aromatic heterocycles. The van der Waals surface area contributed by atoms with Crippen LogP contribution in [0.2, 0.25) is 0 Å². The van der Waals surface area contributed by atoms with E-state index in [1.54, 1.807) is 11.1 Å². The van der Waals surface area contributed by atoms with Crippen LogP contribution in [-0.2, 0) is 25.1 Å². The van der Waals surface area contributed by atoms with Gasteiger partial charge in [-0.05, 0) is 63.7 Å². The molecule has 0 bridgehead atoms. The van der Waals surface area contributed by atoms with E-state index in [4.69, 9.17) is 4.74 Å². The molecule has 0 N–H and O–H groups in total. The molecule has 31 heavy (non-hydrogen) atoms. The van der Waals surface area contributed by atoms with E-state index in [0.717, 1.165) is 28.0 Å². The Labute approximate surface area is 193 Å². The van der Waals surface area contributed by atoms with Crippen LogP contribution in [0.1, 0.15) is 54.9 Å². The van der Waals surface area contributed by atoms with Crippen molar-refractivity contribution in [1.29, 1.82) is 0 Å². The zero-order chi connectivity index (χ0) is 22.6. The average molecular weight is 484 g/mol. The summed E-state index contributed by atoms with van der Waals surface area (Å²) in [5.41, 5.74) is 3.97. The van der Waals surface area contributed by atoms with Gasteiger partial charge in [-0.15, -0.1) is 0 Å². The van der Waals surface area contributed by atoms with Crippen LogP contribution in [-0.4, -0.2) is 27.6 Å². The Hall–Kier alpha value is -2.60. The van der Waals surface area contributed by atoms with Crippen molar-refractivity contribution in [3.63, 3.8) is 0 Å². The third-order valence-corrected chi connectivity index (χ3v) is 5.89. The molecule has 2 aromatic carbocycles. The topological polar surface area (TPSA) is 47.4 Å². The van der Waals surface area contributed by atoms with Crippen molar-refractivity contribution < 1.29 is 9.53 Å². The number of halogens is 1. The van der Waals surface area contributed by atoms with E-state index in [-0.39, 0.29) is 11.3 Å². The van der Waals surface area contributed by atoms with Crippen molar-refractivity contribution in [1.82, 2.24) is 14.7 Å². The maximum Gasteiger partial charge on any atom is 0.253 e. The number of rotatable bonds is 7. The molecule has 6 heteroatoms. The van der Waals surface area contributed by atoms with Crippen molar-refractivity contribution in [3.05, 3.63) is 81.6 Å². The molecular weight excluding hydrogens is 454 g/mol. The highest BCUT2D eigenvalue weighted by Gasteiger charge is 2.17. The maximum atomic E-state index is 13.0. The maximum absolute atomic E-state index is 13.0. The molecule has 0 fully saturated rings. The molecule has 5 nitrogen and oxygen atoms in total. The molecule has 164 valence electrons. The summed E-state index contributed by atoms with van der Waals surface area (Å²) in [6, 6.07) is 15.8. The third-order valence-electron chi connectivity index (χ3n) is 5.23. The van der Waals surface area contributed by atoms with Gasteiger partial charge in [0, 0.05) is 19.2 Å². The first-order valence-corrected chi connectivity index (χ1v) is 11.3. The Morgan fingerprint density at radius 1 is 1.16 bits per heavy atom. The van der Waals surface area contributed by atoms with Crippen LogP contribution in [0, 0.1) is 0 Å². The highest BCUT2D eigenvalue weighted by Crippen LogP contribution is 2.25. The molecule has 0 aliphatic carbocycles. The molecule has 0 spiro atoms. The van der Waals surface area contributed by atoms with E-state index in [9.17, 15) is 4.79 Å². The quantitative estimate of drug-likeness (QED) is 0.425. The van der Waals surface area contributed by atoms with Crippen LogP contribution >= 0.6 is 15.9 Å². The summed E-state index contributed by atoms with van der Waals surface area (Å²) in [6.07, 6.45) is 1.77. The molecule has 0 aliphatic heterocycles. The second-order valence-corrected chi connectivity index (χ2v) is 9.53. The summed E-state index contributed by atoms with van der Waals surface area (Å²) in [4.78, 5) is 14.7. The van der Waals surface area contributed by atoms with Gasteiger partial charge in [0.15, 0.2) is 0 Å². The van der Waals surface area contributed by atoms with Gasteiger partial charge in [0.2, 0.25) is 0 Å². The molecule has 0 unspecified atom stereocenters. The van der Waals surface area contributed by atoms with Crippen molar-refractivity contribution in [3.8, 4) is 5.75 Å². The van der Waals surface area contributed by atoms with Crippen LogP contribution in [0.25, 0.3) is 0 Å². The minimum atomic E-state index is -0.0351. The average Bonchev–Trinajstić information content (AvgIpc) is 3.11. The van der Waals surface area contributed by atoms with Crippen molar-refractivity contribution in [2.45, 2.75) is 52.8 Å². The van der Waals surface area contributed by atoms with Gasteiger partial charge in [-0.25, -0.2) is 0 Å². The van der Waals surface area contributed by atoms with E-state index in [1.165, 1.54) is 5.56 Å². The van der Waals surface area contributed by atoms with Crippen LogP contribution in [0.15, 0.2) is 59.2 Å². The molecule has 0 atom stereocenters. The SMILES string of the molecule is CCn1ncc(Br)c1CN(C)C(=O)c1cccc(COc2ccc(C(C)(C)C)cc2)c1. The first-order valence-electron chi connectivity index (χ1n) is 10.5. The van der Waals surface area contributed by atoms with Gasteiger partial charge < -0.3 is 9.64 Å². The number of carbonyl (C=O) groups is 1. The monoisotopic (exact) mass is 483 g/mol. The number of hydrogen-bond donors (Lipinski definition) is 0. The summed E-state index contributed by atoms with van der Waals surface area (Å²) in [5.74, 6) is 0.784. The molecule has 3 rings (SSSR count). The normalized spacial score (nSPS) is 11.4. The highest BCUT2D eigenvalue weighted by atomic mass is 79.9. The predicted octanol–water partition coefficient (Wildman–Crippen LogP) is 5.81. The lowest BCUT2D eigenvalue weighted by molar-refractivity contribution is 0.0781. The molecule has 3 aromatic rings. The fourth-order valence-electron chi connectivity index (χ4n) is 3.35. The first-order chi connectivity index (χ1) is 14.7. The molecule has 0 aliphatic rings. The number of ether oxygens (including phenoxy) is 1. The number of nitrogens with zero attached hydrogens (tertiary/aromatic N) is 3. The number of aryl methyl sites for hydroxylation is 1. The standard InChI is InChI=1S/C25H30BrN3O2/c1-6-29-23(22(26)15-27-29)16-28(5)24(30)19-9-7-8-18(14-19)17-31-21-12-10-20(11-13-21)25(2,3)4/h7-15H,6,16-17H2,1-5H3. The van der Waals surface area contributed by atoms with Crippen LogP contribution < -0.4 is 4.74 Å². The Kier molecular flexibility index (Phi) is 7.21. The van der Waals surface area contributed by atoms with E-state index < -0.39 is 0 Å².